The smallest absolute Gasteiger partial charge is 0.136 e. The normalized spacial score (nSPS) is 51.8. The average Bonchev–Trinajstić information content (AvgIpc) is 2.38. The van der Waals surface area contributed by atoms with Gasteiger partial charge in [-0.05, 0) is 36.5 Å². The minimum absolute atomic E-state index is 0.437. The number of Topliss-reactive ketones (excluding diaryl/α,β-unsaturated/α-hetero) is 1. The summed E-state index contributed by atoms with van der Waals surface area (Å²) in [6.07, 6.45) is 9.02. The molecule has 3 fully saturated rings. The van der Waals surface area contributed by atoms with Gasteiger partial charge in [-0.3, -0.25) is 4.79 Å². The van der Waals surface area contributed by atoms with Crippen molar-refractivity contribution < 1.29 is 4.79 Å². The Bertz CT molecular complexity index is 270. The second-order valence-corrected chi connectivity index (χ2v) is 5.86. The van der Waals surface area contributed by atoms with E-state index in [0.29, 0.717) is 17.1 Å². The highest BCUT2D eigenvalue weighted by atomic mass is 16.1. The van der Waals surface area contributed by atoms with Gasteiger partial charge in [-0.25, -0.2) is 0 Å². The molecule has 1 heteroatoms. The van der Waals surface area contributed by atoms with Crippen LogP contribution in [-0.4, -0.2) is 5.78 Å². The van der Waals surface area contributed by atoms with Crippen LogP contribution in [0, 0.1) is 23.2 Å². The summed E-state index contributed by atoms with van der Waals surface area (Å²) in [4.78, 5) is 11.8. The molecule has 0 amide bonds. The maximum Gasteiger partial charge on any atom is 0.136 e. The van der Waals surface area contributed by atoms with Crippen LogP contribution in [0.4, 0.5) is 0 Å². The molecule has 3 rings (SSSR count). The van der Waals surface area contributed by atoms with Gasteiger partial charge >= 0.3 is 0 Å². The summed E-state index contributed by atoms with van der Waals surface area (Å²) < 4.78 is 0. The van der Waals surface area contributed by atoms with Crippen LogP contribution >= 0.6 is 0 Å². The van der Waals surface area contributed by atoms with E-state index in [4.69, 9.17) is 0 Å². The topological polar surface area (TPSA) is 17.1 Å². The first-order valence-electron chi connectivity index (χ1n) is 6.26. The van der Waals surface area contributed by atoms with E-state index < -0.39 is 0 Å². The van der Waals surface area contributed by atoms with Crippen molar-refractivity contribution in [2.24, 2.45) is 23.2 Å². The lowest BCUT2D eigenvalue weighted by atomic mass is 9.47. The molecule has 0 spiro atoms. The molecule has 0 aromatic heterocycles. The number of hydrogen-bond acceptors (Lipinski definition) is 1. The zero-order chi connectivity index (χ0) is 9.76. The minimum Gasteiger partial charge on any atom is -0.299 e. The predicted molar refractivity (Wildman–Crippen MR) is 55.9 cm³/mol. The molecule has 0 bridgehead atoms. The Balaban J connectivity index is 1.88. The molecule has 14 heavy (non-hydrogen) atoms. The van der Waals surface area contributed by atoms with Crippen LogP contribution in [0.2, 0.25) is 0 Å². The molecule has 3 aliphatic rings. The Morgan fingerprint density at radius 1 is 1.21 bits per heavy atom. The molecular formula is C13H20O. The average molecular weight is 192 g/mol. The largest absolute Gasteiger partial charge is 0.299 e. The van der Waals surface area contributed by atoms with Crippen molar-refractivity contribution >= 4 is 5.78 Å². The van der Waals surface area contributed by atoms with Crippen molar-refractivity contribution in [2.75, 3.05) is 0 Å². The standard InChI is InChI=1S/C13H20O/c1-13-8-7-11(14)12(13)9-5-3-2-4-6-10(9)13/h9-10,12H,2-8H2,1H3. The number of carbonyl (C=O) groups excluding carboxylic acids is 1. The summed E-state index contributed by atoms with van der Waals surface area (Å²) in [5, 5.41) is 0. The summed E-state index contributed by atoms with van der Waals surface area (Å²) in [5.41, 5.74) is 0.437. The third kappa shape index (κ3) is 0.936. The summed E-state index contributed by atoms with van der Waals surface area (Å²) in [7, 11) is 0. The van der Waals surface area contributed by atoms with E-state index in [1.165, 1.54) is 38.5 Å². The highest BCUT2D eigenvalue weighted by Gasteiger charge is 2.63. The second-order valence-electron chi connectivity index (χ2n) is 5.86. The van der Waals surface area contributed by atoms with E-state index in [1.807, 2.05) is 0 Å². The first-order valence-corrected chi connectivity index (χ1v) is 6.26. The van der Waals surface area contributed by atoms with Crippen LogP contribution in [0.5, 0.6) is 0 Å². The van der Waals surface area contributed by atoms with Gasteiger partial charge in [-0.1, -0.05) is 26.2 Å². The molecule has 3 saturated carbocycles. The van der Waals surface area contributed by atoms with E-state index >= 15 is 0 Å². The highest BCUT2D eigenvalue weighted by molar-refractivity contribution is 5.86. The zero-order valence-electron chi connectivity index (χ0n) is 9.09. The Morgan fingerprint density at radius 3 is 2.86 bits per heavy atom. The van der Waals surface area contributed by atoms with Gasteiger partial charge in [0.2, 0.25) is 0 Å². The van der Waals surface area contributed by atoms with Gasteiger partial charge in [0.25, 0.3) is 0 Å². The van der Waals surface area contributed by atoms with Gasteiger partial charge in [0.15, 0.2) is 0 Å². The summed E-state index contributed by atoms with van der Waals surface area (Å²) >= 11 is 0. The van der Waals surface area contributed by atoms with Gasteiger partial charge in [0.05, 0.1) is 0 Å². The Kier molecular flexibility index (Phi) is 1.81. The quantitative estimate of drug-likeness (QED) is 0.576. The molecule has 0 N–H and O–H groups in total. The molecule has 4 unspecified atom stereocenters. The van der Waals surface area contributed by atoms with E-state index in [0.717, 1.165) is 18.3 Å². The van der Waals surface area contributed by atoms with Crippen molar-refractivity contribution in [3.05, 3.63) is 0 Å². The molecule has 0 aliphatic heterocycles. The molecule has 0 radical (unpaired) electrons. The number of fused-ring (bicyclic) bond motifs is 4. The molecular weight excluding hydrogens is 172 g/mol. The van der Waals surface area contributed by atoms with E-state index in [2.05, 4.69) is 6.92 Å². The molecule has 0 aromatic rings. The molecule has 1 nitrogen and oxygen atoms in total. The van der Waals surface area contributed by atoms with Crippen LogP contribution < -0.4 is 0 Å². The summed E-state index contributed by atoms with van der Waals surface area (Å²) in [5.74, 6) is 2.76. The van der Waals surface area contributed by atoms with Crippen LogP contribution in [0.25, 0.3) is 0 Å². The number of ketones is 1. The van der Waals surface area contributed by atoms with Crippen molar-refractivity contribution in [3.8, 4) is 0 Å². The van der Waals surface area contributed by atoms with E-state index in [-0.39, 0.29) is 0 Å². The number of rotatable bonds is 0. The zero-order valence-corrected chi connectivity index (χ0v) is 9.09. The monoisotopic (exact) mass is 192 g/mol. The van der Waals surface area contributed by atoms with Gasteiger partial charge in [-0.2, -0.15) is 0 Å². The first-order chi connectivity index (χ1) is 6.73. The maximum absolute atomic E-state index is 11.8. The Morgan fingerprint density at radius 2 is 2.00 bits per heavy atom. The lowest BCUT2D eigenvalue weighted by molar-refractivity contribution is -0.142. The predicted octanol–water partition coefficient (Wildman–Crippen LogP) is 3.18. The van der Waals surface area contributed by atoms with Crippen LogP contribution in [-0.2, 0) is 4.79 Å². The third-order valence-electron chi connectivity index (χ3n) is 5.31. The van der Waals surface area contributed by atoms with Gasteiger partial charge < -0.3 is 0 Å². The second kappa shape index (κ2) is 2.84. The van der Waals surface area contributed by atoms with Crippen LogP contribution in [0.1, 0.15) is 51.9 Å². The van der Waals surface area contributed by atoms with Gasteiger partial charge in [0.1, 0.15) is 5.78 Å². The Hall–Kier alpha value is -0.330. The third-order valence-corrected chi connectivity index (χ3v) is 5.31. The van der Waals surface area contributed by atoms with Gasteiger partial charge in [-0.15, -0.1) is 0 Å². The lowest BCUT2D eigenvalue weighted by Crippen LogP contribution is -2.53. The van der Waals surface area contributed by atoms with Crippen molar-refractivity contribution in [3.63, 3.8) is 0 Å². The minimum atomic E-state index is 0.437. The maximum atomic E-state index is 11.8. The van der Waals surface area contributed by atoms with E-state index in [1.54, 1.807) is 0 Å². The molecule has 4 atom stereocenters. The SMILES string of the molecule is CC12CCC(=O)C1C1CCCCCC12. The molecule has 0 heterocycles. The number of hydrogen-bond donors (Lipinski definition) is 0. The Labute approximate surface area is 86.3 Å². The highest BCUT2D eigenvalue weighted by Crippen LogP contribution is 2.66. The fourth-order valence-electron chi connectivity index (χ4n) is 4.65. The summed E-state index contributed by atoms with van der Waals surface area (Å²) in [6, 6.07) is 0. The van der Waals surface area contributed by atoms with Gasteiger partial charge in [0, 0.05) is 12.3 Å². The molecule has 0 aromatic carbocycles. The first kappa shape index (κ1) is 8.94. The summed E-state index contributed by atoms with van der Waals surface area (Å²) in [6.45, 7) is 2.38. The van der Waals surface area contributed by atoms with Crippen LogP contribution in [0.15, 0.2) is 0 Å². The number of carbonyl (C=O) groups is 1. The van der Waals surface area contributed by atoms with Crippen molar-refractivity contribution in [2.45, 2.75) is 51.9 Å². The van der Waals surface area contributed by atoms with Crippen molar-refractivity contribution in [1.82, 2.24) is 0 Å². The molecule has 3 aliphatic carbocycles. The van der Waals surface area contributed by atoms with Crippen LogP contribution in [0.3, 0.4) is 0 Å². The lowest BCUT2D eigenvalue weighted by Gasteiger charge is -2.56. The molecule has 0 saturated heterocycles. The van der Waals surface area contributed by atoms with Crippen molar-refractivity contribution in [1.29, 1.82) is 0 Å². The van der Waals surface area contributed by atoms with E-state index in [9.17, 15) is 4.79 Å². The fraction of sp³-hybridized carbons (Fsp3) is 0.923. The fourth-order valence-corrected chi connectivity index (χ4v) is 4.65. The molecule has 78 valence electrons.